The molecule has 2 atom stereocenters. The lowest BCUT2D eigenvalue weighted by atomic mass is 9.89. The fourth-order valence-electron chi connectivity index (χ4n) is 2.77. The molecule has 0 saturated carbocycles. The quantitative estimate of drug-likeness (QED) is 0.517. The van der Waals surface area contributed by atoms with Crippen LogP contribution in [0.4, 0.5) is 14.9 Å². The first-order valence-corrected chi connectivity index (χ1v) is 10.8. The molecule has 0 radical (unpaired) electrons. The highest BCUT2D eigenvalue weighted by atomic mass is 32.2. The Hall–Kier alpha value is -2.62. The molecule has 0 bridgehead atoms. The summed E-state index contributed by atoms with van der Waals surface area (Å²) in [6.07, 6.45) is -1.38. The summed E-state index contributed by atoms with van der Waals surface area (Å²) in [5, 5.41) is 11.7. The lowest BCUT2D eigenvalue weighted by Gasteiger charge is -2.34. The van der Waals surface area contributed by atoms with Crippen LogP contribution in [0.5, 0.6) is 0 Å². The molecule has 1 unspecified atom stereocenters. The first kappa shape index (κ1) is 24.6. The van der Waals surface area contributed by atoms with Crippen molar-refractivity contribution in [2.75, 3.05) is 5.32 Å². The van der Waals surface area contributed by atoms with Crippen molar-refractivity contribution in [2.24, 2.45) is 0 Å². The van der Waals surface area contributed by atoms with Crippen molar-refractivity contribution in [3.63, 3.8) is 0 Å². The van der Waals surface area contributed by atoms with Gasteiger partial charge in [-0.2, -0.15) is 0 Å². The molecule has 7 nitrogen and oxygen atoms in total. The van der Waals surface area contributed by atoms with Gasteiger partial charge in [0.2, 0.25) is 0 Å². The SMILES string of the molecule is CC(CC(=O)O)(N[S@+]([O-])C(C)(C)C)c1cccc(NC(=O)OCc2ccccc2)c1F. The second-order valence-electron chi connectivity index (χ2n) is 8.24. The summed E-state index contributed by atoms with van der Waals surface area (Å²) >= 11 is -1.67. The molecule has 31 heavy (non-hydrogen) atoms. The topological polar surface area (TPSA) is 111 Å². The maximum atomic E-state index is 15.3. The van der Waals surface area contributed by atoms with Gasteiger partial charge in [0.05, 0.1) is 17.6 Å². The van der Waals surface area contributed by atoms with E-state index in [1.807, 2.05) is 6.07 Å². The zero-order valence-corrected chi connectivity index (χ0v) is 18.7. The third-order valence-electron chi connectivity index (χ3n) is 4.42. The molecule has 0 aliphatic carbocycles. The molecule has 168 valence electrons. The van der Waals surface area contributed by atoms with Crippen molar-refractivity contribution in [1.82, 2.24) is 4.72 Å². The number of anilines is 1. The van der Waals surface area contributed by atoms with Gasteiger partial charge in [-0.15, -0.1) is 4.72 Å². The number of aliphatic carboxylic acids is 1. The Bertz CT molecular complexity index is 920. The van der Waals surface area contributed by atoms with Crippen molar-refractivity contribution < 1.29 is 28.4 Å². The smallest absolute Gasteiger partial charge is 0.412 e. The minimum Gasteiger partial charge on any atom is -0.598 e. The van der Waals surface area contributed by atoms with E-state index in [0.717, 1.165) is 5.56 Å². The van der Waals surface area contributed by atoms with Crippen molar-refractivity contribution in [3.05, 3.63) is 65.5 Å². The van der Waals surface area contributed by atoms with Crippen LogP contribution >= 0.6 is 0 Å². The predicted octanol–water partition coefficient (Wildman–Crippen LogP) is 4.32. The van der Waals surface area contributed by atoms with Crippen LogP contribution in [-0.4, -0.2) is 26.5 Å². The monoisotopic (exact) mass is 450 g/mol. The number of rotatable bonds is 8. The number of halogens is 1. The summed E-state index contributed by atoms with van der Waals surface area (Å²) < 4.78 is 35.1. The third kappa shape index (κ3) is 6.95. The van der Waals surface area contributed by atoms with E-state index in [2.05, 4.69) is 10.0 Å². The summed E-state index contributed by atoms with van der Waals surface area (Å²) in [5.41, 5.74) is -0.918. The minimum absolute atomic E-state index is 0.0107. The molecule has 2 aromatic rings. The van der Waals surface area contributed by atoms with Crippen molar-refractivity contribution >= 4 is 29.1 Å². The summed E-state index contributed by atoms with van der Waals surface area (Å²) in [7, 11) is 0. The molecule has 0 fully saturated rings. The van der Waals surface area contributed by atoms with E-state index < -0.39 is 45.9 Å². The fraction of sp³-hybridized carbons (Fsp3) is 0.364. The van der Waals surface area contributed by atoms with Crippen LogP contribution in [0.25, 0.3) is 0 Å². The lowest BCUT2D eigenvalue weighted by Crippen LogP contribution is -2.51. The molecule has 0 aromatic heterocycles. The molecule has 2 rings (SSSR count). The number of carbonyl (C=O) groups is 2. The molecule has 0 spiro atoms. The van der Waals surface area contributed by atoms with E-state index in [4.69, 9.17) is 4.74 Å². The van der Waals surface area contributed by atoms with E-state index in [9.17, 15) is 19.2 Å². The molecule has 2 aromatic carbocycles. The Kier molecular flexibility index (Phi) is 8.05. The molecular weight excluding hydrogens is 423 g/mol. The van der Waals surface area contributed by atoms with Gasteiger partial charge in [-0.3, -0.25) is 10.1 Å². The molecule has 0 aliphatic rings. The first-order valence-electron chi connectivity index (χ1n) is 9.60. The van der Waals surface area contributed by atoms with E-state index in [-0.39, 0.29) is 17.9 Å². The number of ether oxygens (including phenoxy) is 1. The summed E-state index contributed by atoms with van der Waals surface area (Å²) in [4.78, 5) is 23.6. The van der Waals surface area contributed by atoms with Crippen molar-refractivity contribution in [3.8, 4) is 0 Å². The zero-order valence-electron chi connectivity index (χ0n) is 17.9. The minimum atomic E-state index is -1.67. The van der Waals surface area contributed by atoms with Crippen LogP contribution in [0.1, 0.15) is 45.2 Å². The molecule has 9 heteroatoms. The molecule has 0 saturated heterocycles. The molecule has 0 heterocycles. The molecular formula is C22H27FN2O5S. The van der Waals surface area contributed by atoms with Gasteiger partial charge in [0.1, 0.15) is 11.4 Å². The summed E-state index contributed by atoms with van der Waals surface area (Å²) in [6, 6.07) is 13.2. The van der Waals surface area contributed by atoms with Crippen molar-refractivity contribution in [1.29, 1.82) is 0 Å². The Morgan fingerprint density at radius 3 is 2.32 bits per heavy atom. The van der Waals surface area contributed by atoms with Crippen LogP contribution in [0.2, 0.25) is 0 Å². The normalized spacial score (nSPS) is 14.4. The van der Waals surface area contributed by atoms with Crippen LogP contribution in [0.15, 0.2) is 48.5 Å². The number of hydrogen-bond acceptors (Lipinski definition) is 5. The van der Waals surface area contributed by atoms with Gasteiger partial charge in [-0.1, -0.05) is 42.5 Å². The summed E-state index contributed by atoms with van der Waals surface area (Å²) in [5.74, 6) is -2.03. The Balaban J connectivity index is 2.24. The van der Waals surface area contributed by atoms with Crippen LogP contribution in [0, 0.1) is 5.82 Å². The van der Waals surface area contributed by atoms with Gasteiger partial charge in [0.25, 0.3) is 0 Å². The van der Waals surface area contributed by atoms with Crippen LogP contribution < -0.4 is 10.0 Å². The number of benzene rings is 2. The molecule has 0 aliphatic heterocycles. The van der Waals surface area contributed by atoms with Gasteiger partial charge in [-0.05, 0) is 39.3 Å². The number of hydrogen-bond donors (Lipinski definition) is 3. The summed E-state index contributed by atoms with van der Waals surface area (Å²) in [6.45, 7) is 6.62. The number of carboxylic acids is 1. The second-order valence-corrected chi connectivity index (χ2v) is 10.2. The van der Waals surface area contributed by atoms with E-state index >= 15 is 4.39 Å². The van der Waals surface area contributed by atoms with Crippen LogP contribution in [0.3, 0.4) is 0 Å². The first-order chi connectivity index (χ1) is 14.4. The number of nitrogens with one attached hydrogen (secondary N) is 2. The Morgan fingerprint density at radius 1 is 1.10 bits per heavy atom. The highest BCUT2D eigenvalue weighted by molar-refractivity contribution is 7.90. The fourth-order valence-corrected chi connectivity index (χ4v) is 3.67. The van der Waals surface area contributed by atoms with Gasteiger partial charge in [0.15, 0.2) is 5.82 Å². The van der Waals surface area contributed by atoms with E-state index in [0.29, 0.717) is 0 Å². The average Bonchev–Trinajstić information content (AvgIpc) is 2.67. The maximum Gasteiger partial charge on any atom is 0.412 e. The van der Waals surface area contributed by atoms with Gasteiger partial charge < -0.3 is 14.4 Å². The highest BCUT2D eigenvalue weighted by Crippen LogP contribution is 2.33. The van der Waals surface area contributed by atoms with Gasteiger partial charge in [0, 0.05) is 16.9 Å². The Morgan fingerprint density at radius 2 is 1.74 bits per heavy atom. The molecule has 1 amide bonds. The number of carbonyl (C=O) groups excluding carboxylic acids is 1. The number of amides is 1. The third-order valence-corrected chi connectivity index (χ3v) is 6.17. The highest BCUT2D eigenvalue weighted by Gasteiger charge is 2.41. The largest absolute Gasteiger partial charge is 0.598 e. The van der Waals surface area contributed by atoms with E-state index in [1.54, 1.807) is 45.0 Å². The average molecular weight is 451 g/mol. The molecule has 3 N–H and O–H groups in total. The van der Waals surface area contributed by atoms with Gasteiger partial charge in [-0.25, -0.2) is 9.18 Å². The van der Waals surface area contributed by atoms with E-state index in [1.165, 1.54) is 25.1 Å². The lowest BCUT2D eigenvalue weighted by molar-refractivity contribution is -0.138. The maximum absolute atomic E-state index is 15.3. The Labute approximate surface area is 184 Å². The van der Waals surface area contributed by atoms with Crippen molar-refractivity contribution in [2.45, 2.75) is 51.0 Å². The zero-order chi connectivity index (χ0) is 23.2. The number of carboxylic acid groups (broad SMARTS) is 1. The second kappa shape index (κ2) is 10.1. The van der Waals surface area contributed by atoms with Gasteiger partial charge >= 0.3 is 12.1 Å². The predicted molar refractivity (Wildman–Crippen MR) is 117 cm³/mol. The van der Waals surface area contributed by atoms with Crippen LogP contribution in [-0.2, 0) is 33.0 Å². The standard InChI is InChI=1S/C22H27FN2O5S/c1-21(2,3)31(29)25-22(4,13-18(26)27)16-11-8-12-17(19(16)23)24-20(28)30-14-15-9-6-5-7-10-15/h5-12,25H,13-14H2,1-4H3,(H,24,28)(H,26,27)/t22?,31-/m1/s1.